The first-order valence-electron chi connectivity index (χ1n) is 4.64. The summed E-state index contributed by atoms with van der Waals surface area (Å²) in [5.41, 5.74) is -1.01. The molecule has 2 N–H and O–H groups in total. The van der Waals surface area contributed by atoms with Gasteiger partial charge >= 0.3 is 5.69 Å². The molecule has 0 aromatic carbocycles. The van der Waals surface area contributed by atoms with Crippen molar-refractivity contribution in [1.82, 2.24) is 9.55 Å². The minimum Gasteiger partial charge on any atom is -0.494 e. The number of hydrogen-bond donors (Lipinski definition) is 2. The smallest absolute Gasteiger partial charge is 0.331 e. The highest BCUT2D eigenvalue weighted by atomic mass is 16.3. The van der Waals surface area contributed by atoms with Gasteiger partial charge in [-0.1, -0.05) is 6.08 Å². The number of nitrogens with one attached hydrogen (secondary N) is 1. The van der Waals surface area contributed by atoms with Crippen molar-refractivity contribution in [1.29, 1.82) is 0 Å². The summed E-state index contributed by atoms with van der Waals surface area (Å²) in [4.78, 5) is 24.7. The highest BCUT2D eigenvalue weighted by molar-refractivity contribution is 5.21. The van der Waals surface area contributed by atoms with E-state index in [0.29, 0.717) is 6.42 Å². The van der Waals surface area contributed by atoms with E-state index in [0.717, 1.165) is 4.57 Å². The van der Waals surface area contributed by atoms with E-state index in [9.17, 15) is 14.7 Å². The highest BCUT2D eigenvalue weighted by Gasteiger charge is 2.14. The molecule has 0 bridgehead atoms. The van der Waals surface area contributed by atoms with Gasteiger partial charge in [0, 0.05) is 6.04 Å². The van der Waals surface area contributed by atoms with E-state index < -0.39 is 11.2 Å². The second kappa shape index (κ2) is 4.16. The van der Waals surface area contributed by atoms with Crippen LogP contribution in [0.4, 0.5) is 0 Å². The first-order valence-corrected chi connectivity index (χ1v) is 4.64. The Balaban J connectivity index is 3.42. The summed E-state index contributed by atoms with van der Waals surface area (Å²) in [6.07, 6.45) is 2.19. The molecule has 1 rings (SSSR count). The Hall–Kier alpha value is -1.78. The molecule has 1 aromatic heterocycles. The van der Waals surface area contributed by atoms with Gasteiger partial charge in [0.05, 0.1) is 5.56 Å². The summed E-state index contributed by atoms with van der Waals surface area (Å²) in [7, 11) is 0. The Morgan fingerprint density at radius 1 is 1.60 bits per heavy atom. The molecule has 15 heavy (non-hydrogen) atoms. The molecule has 1 unspecified atom stereocenters. The van der Waals surface area contributed by atoms with Crippen LogP contribution >= 0.6 is 0 Å². The number of aromatic hydroxyl groups is 1. The molecule has 1 atom stereocenters. The summed E-state index contributed by atoms with van der Waals surface area (Å²) in [6, 6.07) is -0.231. The van der Waals surface area contributed by atoms with Gasteiger partial charge in [-0.15, -0.1) is 6.58 Å². The Bertz CT molecular complexity index is 484. The molecule has 0 radical (unpaired) electrons. The number of allylic oxidation sites excluding steroid dienone is 1. The van der Waals surface area contributed by atoms with Crippen molar-refractivity contribution in [3.05, 3.63) is 39.1 Å². The maximum Gasteiger partial charge on any atom is 0.331 e. The quantitative estimate of drug-likeness (QED) is 0.720. The maximum atomic E-state index is 11.4. The number of nitrogens with zero attached hydrogens (tertiary/aromatic N) is 1. The molecule has 0 fully saturated rings. The van der Waals surface area contributed by atoms with Gasteiger partial charge in [-0.25, -0.2) is 4.79 Å². The number of hydrogen-bond acceptors (Lipinski definition) is 3. The molecule has 0 spiro atoms. The lowest BCUT2D eigenvalue weighted by Crippen LogP contribution is -2.32. The lowest BCUT2D eigenvalue weighted by Gasteiger charge is -2.15. The molecule has 0 aliphatic rings. The van der Waals surface area contributed by atoms with Gasteiger partial charge in [0.2, 0.25) is 5.88 Å². The highest BCUT2D eigenvalue weighted by Crippen LogP contribution is 2.17. The van der Waals surface area contributed by atoms with Crippen LogP contribution in [0, 0.1) is 6.92 Å². The van der Waals surface area contributed by atoms with Crippen LogP contribution in [0.1, 0.15) is 24.9 Å². The molecule has 82 valence electrons. The molecule has 5 nitrogen and oxygen atoms in total. The Morgan fingerprint density at radius 2 is 2.20 bits per heavy atom. The summed E-state index contributed by atoms with van der Waals surface area (Å²) < 4.78 is 1.15. The number of aromatic amines is 1. The average molecular weight is 210 g/mol. The Morgan fingerprint density at radius 3 is 2.73 bits per heavy atom. The lowest BCUT2D eigenvalue weighted by molar-refractivity contribution is 0.368. The van der Waals surface area contributed by atoms with Crippen molar-refractivity contribution in [2.75, 3.05) is 0 Å². The second-order valence-electron chi connectivity index (χ2n) is 3.45. The molecule has 0 saturated heterocycles. The molecule has 1 aromatic rings. The van der Waals surface area contributed by atoms with E-state index in [1.54, 1.807) is 13.0 Å². The SMILES string of the molecule is C=CCC(C)n1c(O)c(C)c(=O)[nH]c1=O. The number of rotatable bonds is 3. The van der Waals surface area contributed by atoms with Gasteiger partial charge < -0.3 is 5.11 Å². The Labute approximate surface area is 86.7 Å². The van der Waals surface area contributed by atoms with Crippen LogP contribution in [0.25, 0.3) is 0 Å². The van der Waals surface area contributed by atoms with Gasteiger partial charge in [0.25, 0.3) is 5.56 Å². The van der Waals surface area contributed by atoms with Gasteiger partial charge in [-0.2, -0.15) is 0 Å². The second-order valence-corrected chi connectivity index (χ2v) is 3.45. The Kier molecular flexibility index (Phi) is 3.14. The van der Waals surface area contributed by atoms with E-state index in [4.69, 9.17) is 0 Å². The van der Waals surface area contributed by atoms with Crippen LogP contribution in [0.5, 0.6) is 5.88 Å². The lowest BCUT2D eigenvalue weighted by atomic mass is 10.2. The number of H-pyrrole nitrogens is 1. The molecule has 5 heteroatoms. The van der Waals surface area contributed by atoms with E-state index in [2.05, 4.69) is 11.6 Å². The van der Waals surface area contributed by atoms with Crippen molar-refractivity contribution in [2.45, 2.75) is 26.3 Å². The van der Waals surface area contributed by atoms with Crippen molar-refractivity contribution in [2.24, 2.45) is 0 Å². The van der Waals surface area contributed by atoms with E-state index in [1.165, 1.54) is 6.92 Å². The molecule has 0 aliphatic carbocycles. The fraction of sp³-hybridized carbons (Fsp3) is 0.400. The number of aromatic nitrogens is 2. The van der Waals surface area contributed by atoms with Crippen LogP contribution in [-0.4, -0.2) is 14.7 Å². The average Bonchev–Trinajstić information content (AvgIpc) is 2.15. The first kappa shape index (κ1) is 11.3. The van der Waals surface area contributed by atoms with Crippen LogP contribution in [-0.2, 0) is 0 Å². The van der Waals surface area contributed by atoms with E-state index >= 15 is 0 Å². The van der Waals surface area contributed by atoms with Crippen LogP contribution < -0.4 is 11.2 Å². The minimum atomic E-state index is -0.600. The maximum absolute atomic E-state index is 11.4. The molecule has 0 saturated carbocycles. The molecule has 1 heterocycles. The largest absolute Gasteiger partial charge is 0.494 e. The molecule has 0 aliphatic heterocycles. The minimum absolute atomic E-state index is 0.144. The summed E-state index contributed by atoms with van der Waals surface area (Å²) in [5, 5.41) is 9.66. The summed E-state index contributed by atoms with van der Waals surface area (Å²) >= 11 is 0. The van der Waals surface area contributed by atoms with Crippen molar-refractivity contribution >= 4 is 0 Å². The zero-order valence-electron chi connectivity index (χ0n) is 8.78. The zero-order valence-corrected chi connectivity index (χ0v) is 8.78. The topological polar surface area (TPSA) is 75.1 Å². The monoisotopic (exact) mass is 210 g/mol. The normalized spacial score (nSPS) is 12.4. The summed E-state index contributed by atoms with van der Waals surface area (Å²) in [6.45, 7) is 6.78. The summed E-state index contributed by atoms with van der Waals surface area (Å²) in [5.74, 6) is -0.280. The third-order valence-electron chi connectivity index (χ3n) is 2.29. The van der Waals surface area contributed by atoms with Crippen LogP contribution in [0.15, 0.2) is 22.2 Å². The van der Waals surface area contributed by atoms with Gasteiger partial charge in [0.1, 0.15) is 0 Å². The molecular formula is C10H14N2O3. The van der Waals surface area contributed by atoms with Gasteiger partial charge in [-0.05, 0) is 20.3 Å². The third kappa shape index (κ3) is 2.01. The van der Waals surface area contributed by atoms with Gasteiger partial charge in [-0.3, -0.25) is 14.3 Å². The zero-order chi connectivity index (χ0) is 11.6. The van der Waals surface area contributed by atoms with E-state index in [-0.39, 0.29) is 17.5 Å². The van der Waals surface area contributed by atoms with Crippen molar-refractivity contribution < 1.29 is 5.11 Å². The van der Waals surface area contributed by atoms with Gasteiger partial charge in [0.15, 0.2) is 0 Å². The third-order valence-corrected chi connectivity index (χ3v) is 2.29. The fourth-order valence-electron chi connectivity index (χ4n) is 1.39. The predicted molar refractivity (Wildman–Crippen MR) is 57.2 cm³/mol. The molecule has 0 amide bonds. The van der Waals surface area contributed by atoms with Crippen LogP contribution in [0.2, 0.25) is 0 Å². The predicted octanol–water partition coefficient (Wildman–Crippen LogP) is 0.688. The first-order chi connectivity index (χ1) is 6.99. The van der Waals surface area contributed by atoms with Crippen molar-refractivity contribution in [3.8, 4) is 5.88 Å². The van der Waals surface area contributed by atoms with Crippen LogP contribution in [0.3, 0.4) is 0 Å². The fourth-order valence-corrected chi connectivity index (χ4v) is 1.39. The molecular weight excluding hydrogens is 196 g/mol. The van der Waals surface area contributed by atoms with Crippen molar-refractivity contribution in [3.63, 3.8) is 0 Å². The standard InChI is InChI=1S/C10H14N2O3/c1-4-5-6(2)12-9(14)7(3)8(13)11-10(12)15/h4,6,14H,1,5H2,2-3H3,(H,11,13,15). The van der Waals surface area contributed by atoms with E-state index in [1.807, 2.05) is 0 Å².